The summed E-state index contributed by atoms with van der Waals surface area (Å²) >= 11 is 5.83. The molecule has 0 amide bonds. The maximum absolute atomic E-state index is 11.8. The summed E-state index contributed by atoms with van der Waals surface area (Å²) in [4.78, 5) is 22.6. The molecule has 1 N–H and O–H groups in total. The van der Waals surface area contributed by atoms with Crippen LogP contribution in [-0.4, -0.2) is 16.9 Å². The molecule has 2 rings (SSSR count). The maximum atomic E-state index is 11.8. The second-order valence-corrected chi connectivity index (χ2v) is 4.26. The van der Waals surface area contributed by atoms with Gasteiger partial charge in [0, 0.05) is 16.7 Å². The molecule has 1 unspecified atom stereocenters. The van der Waals surface area contributed by atoms with Crippen LogP contribution >= 0.6 is 11.6 Å². The molecule has 0 saturated carbocycles. The Bertz CT molecular complexity index is 535. The molecule has 0 saturated heterocycles. The van der Waals surface area contributed by atoms with Crippen LogP contribution in [0.25, 0.3) is 0 Å². The lowest BCUT2D eigenvalue weighted by atomic mass is 9.92. The molecule has 0 radical (unpaired) electrons. The molecule has 1 aliphatic rings. The third kappa shape index (κ3) is 1.91. The fraction of sp³-hybridized carbons (Fsp3) is 0.167. The Morgan fingerprint density at radius 2 is 2.18 bits per heavy atom. The van der Waals surface area contributed by atoms with Crippen LogP contribution in [0.5, 0.6) is 0 Å². The van der Waals surface area contributed by atoms with Gasteiger partial charge in [-0.2, -0.15) is 0 Å². The van der Waals surface area contributed by atoms with Crippen molar-refractivity contribution in [2.24, 2.45) is 0 Å². The van der Waals surface area contributed by atoms with Crippen LogP contribution < -0.4 is 0 Å². The summed E-state index contributed by atoms with van der Waals surface area (Å²) in [6.07, 6.45) is 0.989. The zero-order valence-electron chi connectivity index (χ0n) is 8.94. The monoisotopic (exact) mass is 252 g/mol. The van der Waals surface area contributed by atoms with Crippen molar-refractivity contribution >= 4 is 23.4 Å². The number of hydrogen-bond acceptors (Lipinski definition) is 3. The van der Waals surface area contributed by atoms with Crippen molar-refractivity contribution in [3.63, 3.8) is 0 Å². The average Bonchev–Trinajstić information content (AvgIpc) is 2.57. The molecule has 0 spiro atoms. The van der Waals surface area contributed by atoms with Gasteiger partial charge in [-0.05, 0) is 19.1 Å². The van der Waals surface area contributed by atoms with Crippen molar-refractivity contribution in [3.8, 4) is 0 Å². The molecule has 1 aromatic carbocycles. The lowest BCUT2D eigenvalue weighted by Crippen LogP contribution is -2.30. The Kier molecular flexibility index (Phi) is 2.67. The Morgan fingerprint density at radius 1 is 1.47 bits per heavy atom. The first-order valence-electron chi connectivity index (χ1n) is 4.88. The highest BCUT2D eigenvalue weighted by Crippen LogP contribution is 2.35. The number of hydrogen-bond donors (Lipinski definition) is 1. The largest absolute Gasteiger partial charge is 0.475 e. The van der Waals surface area contributed by atoms with E-state index in [0.29, 0.717) is 10.6 Å². The van der Waals surface area contributed by atoms with Crippen molar-refractivity contribution in [2.75, 3.05) is 0 Å². The Morgan fingerprint density at radius 3 is 2.71 bits per heavy atom. The normalized spacial score (nSPS) is 23.2. The van der Waals surface area contributed by atoms with Crippen LogP contribution in [0.4, 0.5) is 0 Å². The van der Waals surface area contributed by atoms with E-state index in [0.717, 1.165) is 6.08 Å². The molecule has 4 nitrogen and oxygen atoms in total. The van der Waals surface area contributed by atoms with E-state index in [4.69, 9.17) is 21.4 Å². The number of carboxylic acid groups (broad SMARTS) is 1. The van der Waals surface area contributed by atoms with Crippen LogP contribution in [0.15, 0.2) is 36.1 Å². The standard InChI is InChI=1S/C12H9ClO4/c1-12(7-3-2-4-8(13)5-7)10(14)6-9(17-12)11(15)16/h2-6H,1H3,(H,15,16). The highest BCUT2D eigenvalue weighted by molar-refractivity contribution is 6.30. The third-order valence-corrected chi connectivity index (χ3v) is 2.87. The van der Waals surface area contributed by atoms with Gasteiger partial charge in [0.05, 0.1) is 0 Å². The van der Waals surface area contributed by atoms with Crippen LogP contribution in [0.1, 0.15) is 12.5 Å². The maximum Gasteiger partial charge on any atom is 0.371 e. The quantitative estimate of drug-likeness (QED) is 0.876. The second kappa shape index (κ2) is 3.89. The van der Waals surface area contributed by atoms with E-state index in [1.165, 1.54) is 6.92 Å². The Balaban J connectivity index is 2.41. The summed E-state index contributed by atoms with van der Waals surface area (Å²) in [5.74, 6) is -2.02. The first-order valence-corrected chi connectivity index (χ1v) is 5.26. The van der Waals surface area contributed by atoms with Gasteiger partial charge in [0.15, 0.2) is 5.60 Å². The highest BCUT2D eigenvalue weighted by Gasteiger charge is 2.43. The first kappa shape index (κ1) is 11.7. The minimum absolute atomic E-state index is 0.350. The van der Waals surface area contributed by atoms with E-state index < -0.39 is 17.4 Å². The first-order chi connectivity index (χ1) is 7.93. The van der Waals surface area contributed by atoms with Gasteiger partial charge in [0.2, 0.25) is 11.5 Å². The number of ketones is 1. The van der Waals surface area contributed by atoms with Gasteiger partial charge in [-0.3, -0.25) is 4.79 Å². The van der Waals surface area contributed by atoms with Crippen molar-refractivity contribution in [1.82, 2.24) is 0 Å². The Hall–Kier alpha value is -1.81. The van der Waals surface area contributed by atoms with E-state index in [2.05, 4.69) is 0 Å². The molecule has 88 valence electrons. The van der Waals surface area contributed by atoms with Crippen molar-refractivity contribution in [2.45, 2.75) is 12.5 Å². The lowest BCUT2D eigenvalue weighted by molar-refractivity contribution is -0.141. The molecule has 17 heavy (non-hydrogen) atoms. The number of carbonyl (C=O) groups is 2. The molecule has 1 aromatic rings. The fourth-order valence-corrected chi connectivity index (χ4v) is 1.84. The van der Waals surface area contributed by atoms with E-state index in [-0.39, 0.29) is 5.76 Å². The summed E-state index contributed by atoms with van der Waals surface area (Å²) in [5.41, 5.74) is -0.777. The molecule has 0 aliphatic carbocycles. The van der Waals surface area contributed by atoms with Gasteiger partial charge in [-0.15, -0.1) is 0 Å². The summed E-state index contributed by atoms with van der Waals surface area (Å²) in [7, 11) is 0. The Labute approximate surface area is 102 Å². The third-order valence-electron chi connectivity index (χ3n) is 2.63. The van der Waals surface area contributed by atoms with Gasteiger partial charge in [-0.1, -0.05) is 23.7 Å². The highest BCUT2D eigenvalue weighted by atomic mass is 35.5. The second-order valence-electron chi connectivity index (χ2n) is 3.82. The summed E-state index contributed by atoms with van der Waals surface area (Å²) in [6.45, 7) is 1.52. The van der Waals surface area contributed by atoms with E-state index in [1.54, 1.807) is 24.3 Å². The number of aliphatic carboxylic acids is 1. The van der Waals surface area contributed by atoms with Crippen molar-refractivity contribution in [3.05, 3.63) is 46.7 Å². The minimum atomic E-state index is -1.31. The van der Waals surface area contributed by atoms with Crippen molar-refractivity contribution in [1.29, 1.82) is 0 Å². The SMILES string of the molecule is CC1(c2cccc(Cl)c2)OC(C(=O)O)=CC1=O. The molecule has 1 atom stereocenters. The number of ether oxygens (including phenoxy) is 1. The molecular formula is C12H9ClO4. The molecular weight excluding hydrogens is 244 g/mol. The smallest absolute Gasteiger partial charge is 0.371 e. The minimum Gasteiger partial charge on any atom is -0.475 e. The fourth-order valence-electron chi connectivity index (χ4n) is 1.65. The predicted octanol–water partition coefficient (Wildman–Crippen LogP) is 2.12. The zero-order chi connectivity index (χ0) is 12.6. The summed E-state index contributed by atoms with van der Waals surface area (Å²) in [5, 5.41) is 9.26. The van der Waals surface area contributed by atoms with Crippen LogP contribution in [0, 0.1) is 0 Å². The van der Waals surface area contributed by atoms with Gasteiger partial charge in [0.25, 0.3) is 0 Å². The molecule has 5 heteroatoms. The van der Waals surface area contributed by atoms with Gasteiger partial charge < -0.3 is 9.84 Å². The predicted molar refractivity (Wildman–Crippen MR) is 60.6 cm³/mol. The molecule has 1 heterocycles. The average molecular weight is 253 g/mol. The van der Waals surface area contributed by atoms with E-state index >= 15 is 0 Å². The summed E-state index contributed by atoms with van der Waals surface area (Å²) < 4.78 is 5.22. The van der Waals surface area contributed by atoms with Gasteiger partial charge in [0.1, 0.15) is 0 Å². The van der Waals surface area contributed by atoms with E-state index in [9.17, 15) is 9.59 Å². The van der Waals surface area contributed by atoms with Gasteiger partial charge in [-0.25, -0.2) is 4.79 Å². The topological polar surface area (TPSA) is 63.6 Å². The number of benzene rings is 1. The van der Waals surface area contributed by atoms with Crippen LogP contribution in [-0.2, 0) is 19.9 Å². The van der Waals surface area contributed by atoms with E-state index in [1.807, 2.05) is 0 Å². The number of halogens is 1. The molecule has 0 bridgehead atoms. The number of carboxylic acids is 1. The van der Waals surface area contributed by atoms with Crippen LogP contribution in [0.2, 0.25) is 5.02 Å². The number of rotatable bonds is 2. The lowest BCUT2D eigenvalue weighted by Gasteiger charge is -2.23. The van der Waals surface area contributed by atoms with Crippen LogP contribution in [0.3, 0.4) is 0 Å². The van der Waals surface area contributed by atoms with Crippen molar-refractivity contribution < 1.29 is 19.4 Å². The summed E-state index contributed by atoms with van der Waals surface area (Å²) in [6, 6.07) is 6.60. The number of carbonyl (C=O) groups excluding carboxylic acids is 1. The molecule has 1 aliphatic heterocycles. The van der Waals surface area contributed by atoms with Gasteiger partial charge >= 0.3 is 5.97 Å². The zero-order valence-corrected chi connectivity index (χ0v) is 9.69. The molecule has 0 fully saturated rings. The molecule has 0 aromatic heterocycles.